The summed E-state index contributed by atoms with van der Waals surface area (Å²) in [7, 11) is 1.58. The third kappa shape index (κ3) is 4.88. The summed E-state index contributed by atoms with van der Waals surface area (Å²) >= 11 is 6.24. The lowest BCUT2D eigenvalue weighted by Crippen LogP contribution is -2.50. The van der Waals surface area contributed by atoms with Crippen molar-refractivity contribution < 1.29 is 14.3 Å². The summed E-state index contributed by atoms with van der Waals surface area (Å²) in [5.74, 6) is 1.91. The van der Waals surface area contributed by atoms with Gasteiger partial charge in [0.25, 0.3) is 5.91 Å². The van der Waals surface area contributed by atoms with Crippen LogP contribution in [0, 0.1) is 0 Å². The number of methoxy groups -OCH3 is 1. The average Bonchev–Trinajstić information content (AvgIpc) is 2.83. The summed E-state index contributed by atoms with van der Waals surface area (Å²) in [6.45, 7) is 2.54. The number of hydrogen-bond acceptors (Lipinski definition) is 6. The molecule has 0 radical (unpaired) electrons. The molecule has 160 valence electrons. The van der Waals surface area contributed by atoms with Gasteiger partial charge >= 0.3 is 0 Å². The van der Waals surface area contributed by atoms with Crippen molar-refractivity contribution in [1.29, 1.82) is 0 Å². The Balaban J connectivity index is 1.31. The first-order valence-corrected chi connectivity index (χ1v) is 10.4. The number of nitrogens with zero attached hydrogens (tertiary/aromatic N) is 4. The fraction of sp³-hybridized carbons (Fsp3) is 0.261. The Morgan fingerprint density at radius 2 is 1.65 bits per heavy atom. The normalized spacial score (nSPS) is 13.7. The molecular weight excluding hydrogens is 416 g/mol. The summed E-state index contributed by atoms with van der Waals surface area (Å²) in [6, 6.07) is 18.7. The number of benzene rings is 2. The van der Waals surface area contributed by atoms with Crippen molar-refractivity contribution in [3.63, 3.8) is 0 Å². The summed E-state index contributed by atoms with van der Waals surface area (Å²) in [6.07, 6.45) is 0. The van der Waals surface area contributed by atoms with E-state index in [1.807, 2.05) is 48.5 Å². The lowest BCUT2D eigenvalue weighted by Gasteiger charge is -2.35. The van der Waals surface area contributed by atoms with Gasteiger partial charge in [0.2, 0.25) is 0 Å². The minimum Gasteiger partial charge on any atom is -0.493 e. The van der Waals surface area contributed by atoms with Crippen LogP contribution in [0.1, 0.15) is 0 Å². The van der Waals surface area contributed by atoms with E-state index in [0.717, 1.165) is 17.1 Å². The van der Waals surface area contributed by atoms with Crippen LogP contribution >= 0.6 is 11.6 Å². The maximum Gasteiger partial charge on any atom is 0.260 e. The molecule has 0 aliphatic carbocycles. The monoisotopic (exact) mass is 438 g/mol. The van der Waals surface area contributed by atoms with E-state index in [0.29, 0.717) is 42.7 Å². The molecule has 1 aromatic heterocycles. The van der Waals surface area contributed by atoms with Crippen LogP contribution < -0.4 is 14.4 Å². The first-order valence-electron chi connectivity index (χ1n) is 10.0. The topological polar surface area (TPSA) is 67.8 Å². The molecule has 1 aliphatic heterocycles. The number of anilines is 1. The second kappa shape index (κ2) is 9.66. The van der Waals surface area contributed by atoms with Crippen LogP contribution in [0.2, 0.25) is 5.02 Å². The number of carbonyl (C=O) groups excluding carboxylic acids is 1. The van der Waals surface area contributed by atoms with Crippen LogP contribution in [-0.2, 0) is 4.79 Å². The maximum absolute atomic E-state index is 12.5. The van der Waals surface area contributed by atoms with E-state index in [1.165, 1.54) is 0 Å². The molecule has 3 aromatic rings. The van der Waals surface area contributed by atoms with E-state index in [2.05, 4.69) is 15.1 Å². The van der Waals surface area contributed by atoms with Gasteiger partial charge in [-0.2, -0.15) is 0 Å². The molecule has 1 aliphatic rings. The summed E-state index contributed by atoms with van der Waals surface area (Å²) in [5, 5.41) is 9.34. The van der Waals surface area contributed by atoms with Crippen molar-refractivity contribution in [2.24, 2.45) is 0 Å². The molecule has 4 rings (SSSR count). The first kappa shape index (κ1) is 20.9. The summed E-state index contributed by atoms with van der Waals surface area (Å²) < 4.78 is 10.9. The van der Waals surface area contributed by atoms with E-state index in [4.69, 9.17) is 21.1 Å². The number of ether oxygens (including phenoxy) is 2. The predicted molar refractivity (Wildman–Crippen MR) is 120 cm³/mol. The highest BCUT2D eigenvalue weighted by molar-refractivity contribution is 6.33. The highest BCUT2D eigenvalue weighted by atomic mass is 35.5. The van der Waals surface area contributed by atoms with Crippen molar-refractivity contribution in [2.75, 3.05) is 44.8 Å². The number of para-hydroxylation sites is 2. The number of piperazine rings is 1. The van der Waals surface area contributed by atoms with E-state index >= 15 is 0 Å². The van der Waals surface area contributed by atoms with Gasteiger partial charge in [0.1, 0.15) is 0 Å². The van der Waals surface area contributed by atoms with Gasteiger partial charge in [0.15, 0.2) is 23.9 Å². The Morgan fingerprint density at radius 1 is 0.935 bits per heavy atom. The number of carbonyl (C=O) groups is 1. The zero-order chi connectivity index (χ0) is 21.6. The molecule has 7 nitrogen and oxygen atoms in total. The number of halogens is 1. The second-order valence-electron chi connectivity index (χ2n) is 7.06. The van der Waals surface area contributed by atoms with Crippen molar-refractivity contribution in [2.45, 2.75) is 0 Å². The van der Waals surface area contributed by atoms with Gasteiger partial charge in [0, 0.05) is 31.7 Å². The summed E-state index contributed by atoms with van der Waals surface area (Å²) in [5.41, 5.74) is 1.59. The highest BCUT2D eigenvalue weighted by Crippen LogP contribution is 2.27. The van der Waals surface area contributed by atoms with Crippen LogP contribution in [0.15, 0.2) is 60.7 Å². The Hall–Kier alpha value is -3.32. The Kier molecular flexibility index (Phi) is 6.52. The van der Waals surface area contributed by atoms with Crippen LogP contribution in [-0.4, -0.2) is 60.9 Å². The molecule has 0 saturated carbocycles. The molecule has 1 saturated heterocycles. The van der Waals surface area contributed by atoms with Crippen LogP contribution in [0.5, 0.6) is 11.5 Å². The van der Waals surface area contributed by atoms with E-state index in [9.17, 15) is 4.79 Å². The average molecular weight is 439 g/mol. The number of rotatable bonds is 6. The van der Waals surface area contributed by atoms with Gasteiger partial charge in [-0.1, -0.05) is 41.9 Å². The summed E-state index contributed by atoms with van der Waals surface area (Å²) in [4.78, 5) is 16.5. The third-order valence-electron chi connectivity index (χ3n) is 5.18. The molecule has 31 heavy (non-hydrogen) atoms. The van der Waals surface area contributed by atoms with E-state index in [1.54, 1.807) is 24.1 Å². The van der Waals surface area contributed by atoms with Crippen molar-refractivity contribution >= 4 is 23.3 Å². The smallest absolute Gasteiger partial charge is 0.260 e. The minimum absolute atomic E-state index is 0.0211. The minimum atomic E-state index is -0.0503. The maximum atomic E-state index is 12.5. The van der Waals surface area contributed by atoms with Gasteiger partial charge in [-0.25, -0.2) is 0 Å². The molecule has 2 heterocycles. The van der Waals surface area contributed by atoms with Crippen molar-refractivity contribution in [3.05, 3.63) is 65.7 Å². The molecule has 0 unspecified atom stereocenters. The molecule has 0 atom stereocenters. The fourth-order valence-corrected chi connectivity index (χ4v) is 3.69. The standard InChI is InChI=1S/C23H23ClN4O3/c1-30-20-8-4-5-9-21(20)31-16-23(29)28-14-12-27(13-15-28)22-11-10-19(25-26-22)17-6-2-3-7-18(17)24/h2-11H,12-16H2,1H3. The van der Waals surface area contributed by atoms with Gasteiger partial charge < -0.3 is 19.3 Å². The van der Waals surface area contributed by atoms with Gasteiger partial charge in [-0.3, -0.25) is 4.79 Å². The number of aromatic nitrogens is 2. The van der Waals surface area contributed by atoms with E-state index < -0.39 is 0 Å². The Labute approximate surface area is 186 Å². The Bertz CT molecular complexity index is 1040. The molecule has 1 amide bonds. The zero-order valence-corrected chi connectivity index (χ0v) is 18.0. The fourth-order valence-electron chi connectivity index (χ4n) is 3.46. The molecule has 2 aromatic carbocycles. The Morgan fingerprint density at radius 3 is 2.32 bits per heavy atom. The molecule has 0 N–H and O–H groups in total. The zero-order valence-electron chi connectivity index (χ0n) is 17.2. The number of amides is 1. The molecular formula is C23H23ClN4O3. The molecule has 0 bridgehead atoms. The first-order chi connectivity index (χ1) is 15.2. The van der Waals surface area contributed by atoms with Crippen molar-refractivity contribution in [1.82, 2.24) is 15.1 Å². The van der Waals surface area contributed by atoms with Gasteiger partial charge in [0.05, 0.1) is 17.8 Å². The van der Waals surface area contributed by atoms with Crippen LogP contribution in [0.3, 0.4) is 0 Å². The lowest BCUT2D eigenvalue weighted by atomic mass is 10.1. The quantitative estimate of drug-likeness (QED) is 0.586. The van der Waals surface area contributed by atoms with Crippen LogP contribution in [0.4, 0.5) is 5.82 Å². The molecule has 0 spiro atoms. The van der Waals surface area contributed by atoms with E-state index in [-0.39, 0.29) is 12.5 Å². The molecule has 1 fully saturated rings. The van der Waals surface area contributed by atoms with Crippen LogP contribution in [0.25, 0.3) is 11.3 Å². The largest absolute Gasteiger partial charge is 0.493 e. The lowest BCUT2D eigenvalue weighted by molar-refractivity contribution is -0.133. The molecule has 8 heteroatoms. The number of hydrogen-bond donors (Lipinski definition) is 0. The SMILES string of the molecule is COc1ccccc1OCC(=O)N1CCN(c2ccc(-c3ccccc3Cl)nn2)CC1. The predicted octanol–water partition coefficient (Wildman–Crippen LogP) is 3.53. The third-order valence-corrected chi connectivity index (χ3v) is 5.51. The van der Waals surface area contributed by atoms with Gasteiger partial charge in [-0.05, 0) is 30.3 Å². The second-order valence-corrected chi connectivity index (χ2v) is 7.47. The van der Waals surface area contributed by atoms with Crippen molar-refractivity contribution in [3.8, 4) is 22.8 Å². The van der Waals surface area contributed by atoms with Gasteiger partial charge in [-0.15, -0.1) is 10.2 Å². The highest BCUT2D eigenvalue weighted by Gasteiger charge is 2.23.